The van der Waals surface area contributed by atoms with E-state index in [2.05, 4.69) is 4.99 Å². The van der Waals surface area contributed by atoms with E-state index in [-0.39, 0.29) is 17.7 Å². The Balaban J connectivity index is 1.54. The van der Waals surface area contributed by atoms with Gasteiger partial charge in [-0.05, 0) is 74.0 Å². The van der Waals surface area contributed by atoms with Crippen molar-refractivity contribution < 1.29 is 9.18 Å². The number of likely N-dealkylation sites (tertiary alicyclic amines) is 1. The van der Waals surface area contributed by atoms with E-state index in [1.165, 1.54) is 44.2 Å². The molecule has 0 atom stereocenters. The SMILES string of the molecule is NC(N)=NCCCC1(C2CCCCC2)CCN(C(=O)CCc2ccc(F)cc2)CC1. The molecule has 4 N–H and O–H groups in total. The van der Waals surface area contributed by atoms with Crippen LogP contribution in [0.15, 0.2) is 29.3 Å². The Morgan fingerprint density at radius 3 is 2.40 bits per heavy atom. The second-order valence-corrected chi connectivity index (χ2v) is 9.11. The average molecular weight is 417 g/mol. The summed E-state index contributed by atoms with van der Waals surface area (Å²) in [6, 6.07) is 6.45. The molecule has 2 fully saturated rings. The van der Waals surface area contributed by atoms with Crippen LogP contribution in [-0.4, -0.2) is 36.4 Å². The fourth-order valence-electron chi connectivity index (χ4n) is 5.48. The van der Waals surface area contributed by atoms with Crippen molar-refractivity contribution in [3.8, 4) is 0 Å². The fourth-order valence-corrected chi connectivity index (χ4v) is 5.48. The molecule has 0 aromatic heterocycles. The zero-order valence-corrected chi connectivity index (χ0v) is 18.1. The maximum Gasteiger partial charge on any atom is 0.222 e. The van der Waals surface area contributed by atoms with Crippen molar-refractivity contribution in [2.75, 3.05) is 19.6 Å². The molecule has 166 valence electrons. The van der Waals surface area contributed by atoms with Gasteiger partial charge >= 0.3 is 0 Å². The molecule has 1 amide bonds. The number of benzene rings is 1. The molecular weight excluding hydrogens is 379 g/mol. The van der Waals surface area contributed by atoms with Crippen LogP contribution in [-0.2, 0) is 11.2 Å². The maximum atomic E-state index is 13.1. The number of rotatable bonds is 8. The van der Waals surface area contributed by atoms with Gasteiger partial charge in [0.05, 0.1) is 0 Å². The first kappa shape index (κ1) is 22.6. The van der Waals surface area contributed by atoms with Gasteiger partial charge in [0.1, 0.15) is 5.82 Å². The van der Waals surface area contributed by atoms with Crippen LogP contribution in [0.1, 0.15) is 69.8 Å². The van der Waals surface area contributed by atoms with Crippen LogP contribution in [0.3, 0.4) is 0 Å². The highest BCUT2D eigenvalue weighted by Crippen LogP contribution is 2.48. The first-order valence-corrected chi connectivity index (χ1v) is 11.6. The Kier molecular flexibility index (Phi) is 8.11. The second-order valence-electron chi connectivity index (χ2n) is 9.11. The predicted octanol–water partition coefficient (Wildman–Crippen LogP) is 4.00. The van der Waals surface area contributed by atoms with E-state index in [0.29, 0.717) is 24.8 Å². The lowest BCUT2D eigenvalue weighted by atomic mass is 9.61. The third-order valence-corrected chi connectivity index (χ3v) is 7.25. The molecule has 30 heavy (non-hydrogen) atoms. The van der Waals surface area contributed by atoms with Crippen LogP contribution < -0.4 is 11.5 Å². The Labute approximate surface area is 180 Å². The molecular formula is C24H37FN4O. The number of halogens is 1. The van der Waals surface area contributed by atoms with E-state index in [1.807, 2.05) is 4.90 Å². The second kappa shape index (κ2) is 10.8. The average Bonchev–Trinajstić information content (AvgIpc) is 2.77. The van der Waals surface area contributed by atoms with Gasteiger partial charge in [-0.25, -0.2) is 4.39 Å². The number of guanidine groups is 1. The summed E-state index contributed by atoms with van der Waals surface area (Å²) >= 11 is 0. The van der Waals surface area contributed by atoms with E-state index < -0.39 is 0 Å². The summed E-state index contributed by atoms with van der Waals surface area (Å²) in [5.41, 5.74) is 12.3. The van der Waals surface area contributed by atoms with E-state index >= 15 is 0 Å². The van der Waals surface area contributed by atoms with Crippen molar-refractivity contribution >= 4 is 11.9 Å². The number of nitrogens with two attached hydrogens (primary N) is 2. The van der Waals surface area contributed by atoms with E-state index in [9.17, 15) is 9.18 Å². The number of amides is 1. The van der Waals surface area contributed by atoms with Crippen molar-refractivity contribution in [3.63, 3.8) is 0 Å². The number of piperidine rings is 1. The number of hydrogen-bond acceptors (Lipinski definition) is 2. The predicted molar refractivity (Wildman–Crippen MR) is 119 cm³/mol. The lowest BCUT2D eigenvalue weighted by Crippen LogP contribution is -2.46. The number of aliphatic imine (C=N–C) groups is 1. The number of aryl methyl sites for hydroxylation is 1. The van der Waals surface area contributed by atoms with Crippen LogP contribution in [0.25, 0.3) is 0 Å². The van der Waals surface area contributed by atoms with Gasteiger partial charge < -0.3 is 16.4 Å². The van der Waals surface area contributed by atoms with Crippen molar-refractivity contribution in [2.24, 2.45) is 27.8 Å². The Morgan fingerprint density at radius 2 is 1.77 bits per heavy atom. The molecule has 1 aliphatic heterocycles. The molecule has 2 aliphatic rings. The molecule has 3 rings (SSSR count). The molecule has 0 spiro atoms. The van der Waals surface area contributed by atoms with Crippen LogP contribution in [0.2, 0.25) is 0 Å². The Morgan fingerprint density at radius 1 is 1.10 bits per heavy atom. The normalized spacial score (nSPS) is 19.4. The number of carbonyl (C=O) groups is 1. The van der Waals surface area contributed by atoms with Crippen LogP contribution in [0.5, 0.6) is 0 Å². The summed E-state index contributed by atoms with van der Waals surface area (Å²) in [6.45, 7) is 2.39. The quantitative estimate of drug-likeness (QED) is 0.382. The van der Waals surface area contributed by atoms with Gasteiger partial charge in [-0.3, -0.25) is 9.79 Å². The summed E-state index contributed by atoms with van der Waals surface area (Å²) in [6.07, 6.45) is 12.1. The molecule has 1 aromatic rings. The van der Waals surface area contributed by atoms with Gasteiger partial charge in [0.2, 0.25) is 5.91 Å². The molecule has 6 heteroatoms. The standard InChI is InChI=1S/C24H37FN4O/c25-21-10-7-19(8-11-21)9-12-22(30)29-17-14-24(15-18-29,13-4-16-28-23(26)27)20-5-2-1-3-6-20/h7-8,10-11,20H,1-6,9,12-18H2,(H4,26,27,28). The lowest BCUT2D eigenvalue weighted by molar-refractivity contribution is -0.134. The molecule has 1 heterocycles. The monoisotopic (exact) mass is 416 g/mol. The smallest absolute Gasteiger partial charge is 0.222 e. The zero-order valence-electron chi connectivity index (χ0n) is 18.1. The molecule has 1 aliphatic carbocycles. The highest BCUT2D eigenvalue weighted by atomic mass is 19.1. The Bertz CT molecular complexity index is 700. The van der Waals surface area contributed by atoms with Gasteiger partial charge in [0.15, 0.2) is 5.96 Å². The number of hydrogen-bond donors (Lipinski definition) is 2. The molecule has 5 nitrogen and oxygen atoms in total. The van der Waals surface area contributed by atoms with Crippen LogP contribution in [0.4, 0.5) is 4.39 Å². The molecule has 1 saturated heterocycles. The van der Waals surface area contributed by atoms with E-state index in [1.54, 1.807) is 12.1 Å². The van der Waals surface area contributed by atoms with Gasteiger partial charge in [-0.2, -0.15) is 0 Å². The number of nitrogens with zero attached hydrogens (tertiary/aromatic N) is 2. The van der Waals surface area contributed by atoms with Gasteiger partial charge in [-0.1, -0.05) is 31.4 Å². The van der Waals surface area contributed by atoms with E-state index in [4.69, 9.17) is 11.5 Å². The van der Waals surface area contributed by atoms with Crippen molar-refractivity contribution in [3.05, 3.63) is 35.6 Å². The molecule has 1 saturated carbocycles. The topological polar surface area (TPSA) is 84.7 Å². The summed E-state index contributed by atoms with van der Waals surface area (Å²) in [5.74, 6) is 0.919. The first-order chi connectivity index (χ1) is 14.5. The summed E-state index contributed by atoms with van der Waals surface area (Å²) in [5, 5.41) is 0. The third kappa shape index (κ3) is 6.19. The first-order valence-electron chi connectivity index (χ1n) is 11.6. The van der Waals surface area contributed by atoms with E-state index in [0.717, 1.165) is 50.3 Å². The molecule has 0 radical (unpaired) electrons. The molecule has 0 unspecified atom stereocenters. The molecule has 0 bridgehead atoms. The van der Waals surface area contributed by atoms with Crippen molar-refractivity contribution in [1.29, 1.82) is 0 Å². The summed E-state index contributed by atoms with van der Waals surface area (Å²) in [4.78, 5) is 19.0. The summed E-state index contributed by atoms with van der Waals surface area (Å²) < 4.78 is 13.1. The van der Waals surface area contributed by atoms with Crippen LogP contribution >= 0.6 is 0 Å². The highest BCUT2D eigenvalue weighted by Gasteiger charge is 2.41. The number of carbonyl (C=O) groups excluding carboxylic acids is 1. The minimum Gasteiger partial charge on any atom is -0.370 e. The Hall–Kier alpha value is -2.11. The van der Waals surface area contributed by atoms with Gasteiger partial charge in [-0.15, -0.1) is 0 Å². The fraction of sp³-hybridized carbons (Fsp3) is 0.667. The third-order valence-electron chi connectivity index (χ3n) is 7.25. The van der Waals surface area contributed by atoms with Crippen molar-refractivity contribution in [2.45, 2.75) is 70.6 Å². The summed E-state index contributed by atoms with van der Waals surface area (Å²) in [7, 11) is 0. The van der Waals surface area contributed by atoms with Gasteiger partial charge in [0.25, 0.3) is 0 Å². The van der Waals surface area contributed by atoms with Crippen molar-refractivity contribution in [1.82, 2.24) is 4.90 Å². The minimum absolute atomic E-state index is 0.170. The zero-order chi connectivity index (χ0) is 21.4. The maximum absolute atomic E-state index is 13.1. The lowest BCUT2D eigenvalue weighted by Gasteiger charge is -2.48. The highest BCUT2D eigenvalue weighted by molar-refractivity contribution is 5.76. The van der Waals surface area contributed by atoms with Gasteiger partial charge in [0, 0.05) is 26.1 Å². The van der Waals surface area contributed by atoms with Crippen LogP contribution in [0, 0.1) is 17.2 Å². The molecule has 1 aromatic carbocycles. The largest absolute Gasteiger partial charge is 0.370 e. The minimum atomic E-state index is -0.236.